The van der Waals surface area contributed by atoms with Gasteiger partial charge in [0.25, 0.3) is 6.43 Å². The molecule has 0 amide bonds. The van der Waals surface area contributed by atoms with Crippen molar-refractivity contribution in [3.05, 3.63) is 36.0 Å². The SMILES string of the molecule is CCS(=O)(=O)c1nc(-c2cccc(OC)c2)cc(C(F)F)n1. The predicted molar refractivity (Wildman–Crippen MR) is 76.7 cm³/mol. The summed E-state index contributed by atoms with van der Waals surface area (Å²) in [6.07, 6.45) is -2.89. The lowest BCUT2D eigenvalue weighted by Gasteiger charge is -2.09. The summed E-state index contributed by atoms with van der Waals surface area (Å²) in [6.45, 7) is 1.40. The normalized spacial score (nSPS) is 11.7. The Hall–Kier alpha value is -2.09. The molecule has 22 heavy (non-hydrogen) atoms. The molecule has 2 aromatic rings. The number of nitrogens with zero attached hydrogens (tertiary/aromatic N) is 2. The Morgan fingerprint density at radius 3 is 2.55 bits per heavy atom. The van der Waals surface area contributed by atoms with E-state index in [1.54, 1.807) is 24.3 Å². The third-order valence-electron chi connectivity index (χ3n) is 2.97. The van der Waals surface area contributed by atoms with E-state index in [-0.39, 0.29) is 11.4 Å². The Morgan fingerprint density at radius 1 is 1.23 bits per heavy atom. The maximum atomic E-state index is 13.0. The van der Waals surface area contributed by atoms with Crippen molar-refractivity contribution in [2.75, 3.05) is 12.9 Å². The standard InChI is InChI=1S/C14H14F2N2O3S/c1-3-22(19,20)14-17-11(8-12(18-14)13(15)16)9-5-4-6-10(7-9)21-2/h4-8,13H,3H2,1-2H3. The van der Waals surface area contributed by atoms with Crippen molar-refractivity contribution in [3.63, 3.8) is 0 Å². The molecular formula is C14H14F2N2O3S. The molecule has 8 heteroatoms. The second kappa shape index (κ2) is 6.35. The molecular weight excluding hydrogens is 314 g/mol. The summed E-state index contributed by atoms with van der Waals surface area (Å²) in [7, 11) is -2.32. The van der Waals surface area contributed by atoms with E-state index < -0.39 is 27.1 Å². The minimum Gasteiger partial charge on any atom is -0.497 e. The smallest absolute Gasteiger partial charge is 0.280 e. The minimum atomic E-state index is -3.79. The lowest BCUT2D eigenvalue weighted by molar-refractivity contribution is 0.145. The van der Waals surface area contributed by atoms with E-state index in [4.69, 9.17) is 4.74 Å². The number of halogens is 2. The summed E-state index contributed by atoms with van der Waals surface area (Å²) in [6, 6.07) is 7.63. The van der Waals surface area contributed by atoms with Crippen molar-refractivity contribution in [2.24, 2.45) is 0 Å². The van der Waals surface area contributed by atoms with Crippen LogP contribution < -0.4 is 4.74 Å². The lowest BCUT2D eigenvalue weighted by atomic mass is 10.1. The molecule has 1 heterocycles. The molecule has 0 N–H and O–H groups in total. The molecule has 0 fully saturated rings. The number of ether oxygens (including phenoxy) is 1. The van der Waals surface area contributed by atoms with E-state index in [1.165, 1.54) is 14.0 Å². The van der Waals surface area contributed by atoms with Crippen molar-refractivity contribution < 1.29 is 21.9 Å². The van der Waals surface area contributed by atoms with E-state index in [9.17, 15) is 17.2 Å². The molecule has 5 nitrogen and oxygen atoms in total. The van der Waals surface area contributed by atoms with Crippen molar-refractivity contribution in [2.45, 2.75) is 18.5 Å². The number of aromatic nitrogens is 2. The van der Waals surface area contributed by atoms with Gasteiger partial charge in [-0.15, -0.1) is 0 Å². The molecule has 0 unspecified atom stereocenters. The van der Waals surface area contributed by atoms with Crippen molar-refractivity contribution in [1.82, 2.24) is 9.97 Å². The van der Waals surface area contributed by atoms with Gasteiger partial charge in [0.05, 0.1) is 18.6 Å². The Bertz CT molecular complexity index is 779. The largest absolute Gasteiger partial charge is 0.497 e. The van der Waals surface area contributed by atoms with Gasteiger partial charge in [0.15, 0.2) is 0 Å². The van der Waals surface area contributed by atoms with Crippen molar-refractivity contribution in [3.8, 4) is 17.0 Å². The molecule has 0 saturated heterocycles. The van der Waals surface area contributed by atoms with E-state index in [2.05, 4.69) is 9.97 Å². The quantitative estimate of drug-likeness (QED) is 0.789. The first-order chi connectivity index (χ1) is 10.4. The van der Waals surface area contributed by atoms with Crippen LogP contribution in [0.15, 0.2) is 35.5 Å². The number of benzene rings is 1. The zero-order valence-corrected chi connectivity index (χ0v) is 12.8. The summed E-state index contributed by atoms with van der Waals surface area (Å²) < 4.78 is 54.8. The Kier molecular flexibility index (Phi) is 4.70. The molecule has 0 aliphatic rings. The first kappa shape index (κ1) is 16.3. The summed E-state index contributed by atoms with van der Waals surface area (Å²) in [4.78, 5) is 7.38. The lowest BCUT2D eigenvalue weighted by Crippen LogP contribution is -2.11. The first-order valence-corrected chi connectivity index (χ1v) is 8.07. The average molecular weight is 328 g/mol. The van der Waals surface area contributed by atoms with Crippen LogP contribution in [-0.4, -0.2) is 31.2 Å². The topological polar surface area (TPSA) is 69.2 Å². The van der Waals surface area contributed by atoms with Gasteiger partial charge in [0, 0.05) is 5.56 Å². The van der Waals surface area contributed by atoms with Gasteiger partial charge in [0.2, 0.25) is 15.0 Å². The maximum absolute atomic E-state index is 13.0. The van der Waals surface area contributed by atoms with Gasteiger partial charge in [-0.1, -0.05) is 19.1 Å². The first-order valence-electron chi connectivity index (χ1n) is 6.41. The molecule has 0 atom stereocenters. The zero-order valence-electron chi connectivity index (χ0n) is 12.0. The number of rotatable bonds is 5. The van der Waals surface area contributed by atoms with E-state index >= 15 is 0 Å². The molecule has 0 spiro atoms. The van der Waals surface area contributed by atoms with Gasteiger partial charge in [-0.3, -0.25) is 0 Å². The highest BCUT2D eigenvalue weighted by atomic mass is 32.2. The second-order valence-corrected chi connectivity index (χ2v) is 6.57. The average Bonchev–Trinajstić information content (AvgIpc) is 2.54. The van der Waals surface area contributed by atoms with Crippen molar-refractivity contribution in [1.29, 1.82) is 0 Å². The second-order valence-electron chi connectivity index (χ2n) is 4.40. The van der Waals surface area contributed by atoms with Crippen LogP contribution in [0.5, 0.6) is 5.75 Å². The molecule has 1 aromatic carbocycles. The third-order valence-corrected chi connectivity index (χ3v) is 4.47. The highest BCUT2D eigenvalue weighted by Crippen LogP contribution is 2.27. The molecule has 2 rings (SSSR count). The maximum Gasteiger partial charge on any atom is 0.280 e. The molecule has 0 aliphatic carbocycles. The fraction of sp³-hybridized carbons (Fsp3) is 0.286. The van der Waals surface area contributed by atoms with Crippen LogP contribution in [0.4, 0.5) is 8.78 Å². The highest BCUT2D eigenvalue weighted by molar-refractivity contribution is 7.91. The minimum absolute atomic E-state index is 0.108. The van der Waals surface area contributed by atoms with Gasteiger partial charge in [-0.25, -0.2) is 27.2 Å². The monoisotopic (exact) mass is 328 g/mol. The van der Waals surface area contributed by atoms with Crippen LogP contribution in [0, 0.1) is 0 Å². The number of hydrogen-bond donors (Lipinski definition) is 0. The molecule has 0 bridgehead atoms. The predicted octanol–water partition coefficient (Wildman–Crippen LogP) is 2.88. The summed E-state index contributed by atoms with van der Waals surface area (Å²) in [5.41, 5.74) is -0.0488. The van der Waals surface area contributed by atoms with Crippen LogP contribution in [0.1, 0.15) is 19.0 Å². The Morgan fingerprint density at radius 2 is 1.95 bits per heavy atom. The van der Waals surface area contributed by atoms with Gasteiger partial charge < -0.3 is 4.74 Å². The molecule has 0 aliphatic heterocycles. The van der Waals surface area contributed by atoms with Crippen LogP contribution in [0.3, 0.4) is 0 Å². The van der Waals surface area contributed by atoms with Crippen LogP contribution >= 0.6 is 0 Å². The number of sulfone groups is 1. The molecule has 118 valence electrons. The summed E-state index contributed by atoms with van der Waals surface area (Å²) in [5, 5.41) is -0.592. The number of alkyl halides is 2. The van der Waals surface area contributed by atoms with Crippen LogP contribution in [0.2, 0.25) is 0 Å². The number of hydrogen-bond acceptors (Lipinski definition) is 5. The van der Waals surface area contributed by atoms with E-state index in [0.717, 1.165) is 6.07 Å². The Labute approximate surface area is 126 Å². The fourth-order valence-electron chi connectivity index (χ4n) is 1.75. The van der Waals surface area contributed by atoms with Gasteiger partial charge >= 0.3 is 0 Å². The molecule has 0 radical (unpaired) electrons. The van der Waals surface area contributed by atoms with Crippen LogP contribution in [-0.2, 0) is 9.84 Å². The van der Waals surface area contributed by atoms with Gasteiger partial charge in [-0.05, 0) is 18.2 Å². The summed E-state index contributed by atoms with van der Waals surface area (Å²) in [5.74, 6) is 0.242. The summed E-state index contributed by atoms with van der Waals surface area (Å²) >= 11 is 0. The zero-order chi connectivity index (χ0) is 16.3. The molecule has 0 saturated carbocycles. The number of methoxy groups -OCH3 is 1. The van der Waals surface area contributed by atoms with Crippen molar-refractivity contribution >= 4 is 9.84 Å². The Balaban J connectivity index is 2.65. The van der Waals surface area contributed by atoms with E-state index in [0.29, 0.717) is 11.3 Å². The third kappa shape index (κ3) is 3.38. The van der Waals surface area contributed by atoms with Gasteiger partial charge in [0.1, 0.15) is 11.4 Å². The van der Waals surface area contributed by atoms with E-state index in [1.807, 2.05) is 0 Å². The van der Waals surface area contributed by atoms with Gasteiger partial charge in [-0.2, -0.15) is 0 Å². The molecule has 1 aromatic heterocycles. The fourth-order valence-corrected chi connectivity index (χ4v) is 2.49. The van der Waals surface area contributed by atoms with Crippen LogP contribution in [0.25, 0.3) is 11.3 Å². The highest BCUT2D eigenvalue weighted by Gasteiger charge is 2.21.